The van der Waals surface area contributed by atoms with Crippen LogP contribution in [0.15, 0.2) is 24.5 Å². The van der Waals surface area contributed by atoms with Crippen LogP contribution in [0.3, 0.4) is 0 Å². The molecule has 0 saturated heterocycles. The van der Waals surface area contributed by atoms with Crippen molar-refractivity contribution in [1.29, 1.82) is 0 Å². The Balaban J connectivity index is 2.01. The van der Waals surface area contributed by atoms with E-state index >= 15 is 0 Å². The Morgan fingerprint density at radius 1 is 1.59 bits per heavy atom. The maximum atomic E-state index is 11.7. The van der Waals surface area contributed by atoms with Crippen LogP contribution in [0.2, 0.25) is 5.02 Å². The lowest BCUT2D eigenvalue weighted by Gasteiger charge is -2.05. The van der Waals surface area contributed by atoms with Crippen molar-refractivity contribution in [3.05, 3.63) is 35.2 Å². The van der Waals surface area contributed by atoms with Crippen molar-refractivity contribution in [2.75, 3.05) is 5.32 Å². The molecule has 1 amide bonds. The van der Waals surface area contributed by atoms with Crippen LogP contribution in [-0.4, -0.2) is 25.9 Å². The predicted octanol–water partition coefficient (Wildman–Crippen LogP) is 1.27. The number of anilines is 1. The van der Waals surface area contributed by atoms with Crippen molar-refractivity contribution in [3.8, 4) is 0 Å². The standard InChI is InChI=1S/C10H10ClN5O/c1-7-5-13-15-16(7)6-10(17)14-9-4-8(11)2-3-12-9/h2-5H,6H2,1H3,(H,12,14,17). The molecular formula is C10H10ClN5O. The summed E-state index contributed by atoms with van der Waals surface area (Å²) in [5.41, 5.74) is 0.819. The van der Waals surface area contributed by atoms with Gasteiger partial charge in [-0.15, -0.1) is 5.10 Å². The number of hydrogen-bond donors (Lipinski definition) is 1. The van der Waals surface area contributed by atoms with Crippen LogP contribution in [-0.2, 0) is 11.3 Å². The first-order valence-electron chi connectivity index (χ1n) is 4.91. The van der Waals surface area contributed by atoms with Gasteiger partial charge in [-0.1, -0.05) is 16.8 Å². The third-order valence-electron chi connectivity index (χ3n) is 2.09. The second-order valence-electron chi connectivity index (χ2n) is 3.44. The summed E-state index contributed by atoms with van der Waals surface area (Å²) in [7, 11) is 0. The van der Waals surface area contributed by atoms with Gasteiger partial charge in [-0.25, -0.2) is 9.67 Å². The third-order valence-corrected chi connectivity index (χ3v) is 2.33. The van der Waals surface area contributed by atoms with Crippen molar-refractivity contribution >= 4 is 23.3 Å². The van der Waals surface area contributed by atoms with Crippen LogP contribution >= 0.6 is 11.6 Å². The second kappa shape index (κ2) is 4.92. The van der Waals surface area contributed by atoms with Gasteiger partial charge < -0.3 is 5.32 Å². The summed E-state index contributed by atoms with van der Waals surface area (Å²) in [6.07, 6.45) is 3.11. The van der Waals surface area contributed by atoms with Crippen molar-refractivity contribution < 1.29 is 4.79 Å². The zero-order chi connectivity index (χ0) is 12.3. The summed E-state index contributed by atoms with van der Waals surface area (Å²) < 4.78 is 1.50. The number of rotatable bonds is 3. The number of nitrogens with zero attached hydrogens (tertiary/aromatic N) is 4. The summed E-state index contributed by atoms with van der Waals surface area (Å²) in [6, 6.07) is 3.21. The molecule has 0 aliphatic heterocycles. The molecule has 2 aromatic heterocycles. The van der Waals surface area contributed by atoms with Gasteiger partial charge in [0.05, 0.1) is 11.9 Å². The molecule has 0 unspecified atom stereocenters. The average Bonchev–Trinajstić information content (AvgIpc) is 2.64. The third kappa shape index (κ3) is 3.01. The Morgan fingerprint density at radius 3 is 3.06 bits per heavy atom. The van der Waals surface area contributed by atoms with Gasteiger partial charge in [0, 0.05) is 11.2 Å². The molecule has 0 radical (unpaired) electrons. The molecule has 2 aromatic rings. The molecule has 2 rings (SSSR count). The van der Waals surface area contributed by atoms with E-state index in [2.05, 4.69) is 20.6 Å². The van der Waals surface area contributed by atoms with Gasteiger partial charge in [-0.3, -0.25) is 4.79 Å². The molecule has 0 aliphatic rings. The van der Waals surface area contributed by atoms with Crippen LogP contribution in [0.5, 0.6) is 0 Å². The number of nitrogens with one attached hydrogen (secondary N) is 1. The normalized spacial score (nSPS) is 10.2. The summed E-state index contributed by atoms with van der Waals surface area (Å²) in [5, 5.41) is 10.6. The SMILES string of the molecule is Cc1cnnn1CC(=O)Nc1cc(Cl)ccn1. The van der Waals surface area contributed by atoms with Gasteiger partial charge in [0.15, 0.2) is 0 Å². The van der Waals surface area contributed by atoms with Crippen molar-refractivity contribution in [2.45, 2.75) is 13.5 Å². The Hall–Kier alpha value is -1.95. The predicted molar refractivity (Wildman–Crippen MR) is 62.6 cm³/mol. The van der Waals surface area contributed by atoms with Gasteiger partial charge in [0.2, 0.25) is 5.91 Å². The molecule has 0 bridgehead atoms. The van der Waals surface area contributed by atoms with Gasteiger partial charge >= 0.3 is 0 Å². The first-order valence-corrected chi connectivity index (χ1v) is 5.29. The molecule has 0 aromatic carbocycles. The monoisotopic (exact) mass is 251 g/mol. The molecule has 0 aliphatic carbocycles. The van der Waals surface area contributed by atoms with Crippen LogP contribution in [0.4, 0.5) is 5.82 Å². The van der Waals surface area contributed by atoms with Crippen molar-refractivity contribution in [2.24, 2.45) is 0 Å². The molecule has 1 N–H and O–H groups in total. The first-order chi connectivity index (χ1) is 8.15. The van der Waals surface area contributed by atoms with Gasteiger partial charge in [-0.2, -0.15) is 0 Å². The lowest BCUT2D eigenvalue weighted by molar-refractivity contribution is -0.117. The summed E-state index contributed by atoms with van der Waals surface area (Å²) in [4.78, 5) is 15.6. The molecular weight excluding hydrogens is 242 g/mol. The fourth-order valence-electron chi connectivity index (χ4n) is 1.26. The molecule has 0 fully saturated rings. The maximum absolute atomic E-state index is 11.7. The Kier molecular flexibility index (Phi) is 3.34. The van der Waals surface area contributed by atoms with E-state index in [1.807, 2.05) is 6.92 Å². The minimum absolute atomic E-state index is 0.0972. The first kappa shape index (κ1) is 11.5. The minimum Gasteiger partial charge on any atom is -0.309 e. The van der Waals surface area contributed by atoms with Crippen LogP contribution < -0.4 is 5.32 Å². The highest BCUT2D eigenvalue weighted by Gasteiger charge is 2.07. The Morgan fingerprint density at radius 2 is 2.41 bits per heavy atom. The van der Waals surface area contributed by atoms with Crippen molar-refractivity contribution in [3.63, 3.8) is 0 Å². The van der Waals surface area contributed by atoms with E-state index in [1.165, 1.54) is 10.9 Å². The highest BCUT2D eigenvalue weighted by molar-refractivity contribution is 6.30. The molecule has 0 spiro atoms. The van der Waals surface area contributed by atoms with Crippen LogP contribution in [0, 0.1) is 6.92 Å². The van der Waals surface area contributed by atoms with E-state index in [4.69, 9.17) is 11.6 Å². The van der Waals surface area contributed by atoms with E-state index in [1.54, 1.807) is 18.3 Å². The zero-order valence-corrected chi connectivity index (χ0v) is 9.85. The topological polar surface area (TPSA) is 72.7 Å². The quantitative estimate of drug-likeness (QED) is 0.892. The summed E-state index contributed by atoms with van der Waals surface area (Å²) >= 11 is 5.78. The fraction of sp³-hybridized carbons (Fsp3) is 0.200. The highest BCUT2D eigenvalue weighted by Crippen LogP contribution is 2.11. The van der Waals surface area contributed by atoms with E-state index in [0.29, 0.717) is 10.8 Å². The van der Waals surface area contributed by atoms with Gasteiger partial charge in [-0.05, 0) is 19.1 Å². The fourth-order valence-corrected chi connectivity index (χ4v) is 1.42. The van der Waals surface area contributed by atoms with E-state index in [9.17, 15) is 4.79 Å². The molecule has 88 valence electrons. The van der Waals surface area contributed by atoms with E-state index in [0.717, 1.165) is 5.69 Å². The number of pyridine rings is 1. The molecule has 0 saturated carbocycles. The number of aryl methyl sites for hydroxylation is 1. The Bertz CT molecular complexity index is 539. The largest absolute Gasteiger partial charge is 0.309 e. The zero-order valence-electron chi connectivity index (χ0n) is 9.09. The maximum Gasteiger partial charge on any atom is 0.247 e. The van der Waals surface area contributed by atoms with E-state index < -0.39 is 0 Å². The van der Waals surface area contributed by atoms with Crippen LogP contribution in [0.25, 0.3) is 0 Å². The molecule has 0 atom stereocenters. The molecule has 17 heavy (non-hydrogen) atoms. The number of aromatic nitrogens is 4. The van der Waals surface area contributed by atoms with Gasteiger partial charge in [0.1, 0.15) is 12.4 Å². The lowest BCUT2D eigenvalue weighted by Crippen LogP contribution is -2.20. The van der Waals surface area contributed by atoms with Gasteiger partial charge in [0.25, 0.3) is 0 Å². The summed E-state index contributed by atoms with van der Waals surface area (Å²) in [5.74, 6) is 0.189. The van der Waals surface area contributed by atoms with Crippen LogP contribution in [0.1, 0.15) is 5.69 Å². The molecule has 2 heterocycles. The second-order valence-corrected chi connectivity index (χ2v) is 3.88. The average molecular weight is 252 g/mol. The highest BCUT2D eigenvalue weighted by atomic mass is 35.5. The summed E-state index contributed by atoms with van der Waals surface area (Å²) in [6.45, 7) is 1.92. The number of amides is 1. The smallest absolute Gasteiger partial charge is 0.247 e. The number of carbonyl (C=O) groups is 1. The Labute approximate surface area is 103 Å². The number of hydrogen-bond acceptors (Lipinski definition) is 4. The lowest BCUT2D eigenvalue weighted by atomic mass is 10.4. The van der Waals surface area contributed by atoms with Crippen molar-refractivity contribution in [1.82, 2.24) is 20.0 Å². The number of halogens is 1. The molecule has 7 heteroatoms. The number of carbonyl (C=O) groups excluding carboxylic acids is 1. The van der Waals surface area contributed by atoms with E-state index in [-0.39, 0.29) is 12.5 Å². The minimum atomic E-state index is -0.228. The molecule has 6 nitrogen and oxygen atoms in total.